The van der Waals surface area contributed by atoms with E-state index < -0.39 is 17.7 Å². The van der Waals surface area contributed by atoms with Crippen LogP contribution in [0.3, 0.4) is 0 Å². The maximum absolute atomic E-state index is 11.0. The van der Waals surface area contributed by atoms with Crippen LogP contribution in [0.1, 0.15) is 12.6 Å². The number of rotatable bonds is 2. The summed E-state index contributed by atoms with van der Waals surface area (Å²) in [4.78, 5) is 28.7. The fraction of sp³-hybridized carbons (Fsp3) is 0.429. The van der Waals surface area contributed by atoms with Gasteiger partial charge < -0.3 is 15.7 Å². The molecule has 0 amide bonds. The molecule has 0 aromatic carbocycles. The predicted molar refractivity (Wildman–Crippen MR) is 46.7 cm³/mol. The maximum Gasteiger partial charge on any atom is 0.362 e. The molecule has 0 fully saturated rings. The van der Waals surface area contributed by atoms with Gasteiger partial charge in [0.25, 0.3) is 0 Å². The van der Waals surface area contributed by atoms with Gasteiger partial charge in [-0.1, -0.05) is 0 Å². The summed E-state index contributed by atoms with van der Waals surface area (Å²) in [5.41, 5.74) is 4.62. The summed E-state index contributed by atoms with van der Waals surface area (Å²) in [6, 6.07) is -0.835. The van der Waals surface area contributed by atoms with Crippen molar-refractivity contribution >= 4 is 5.97 Å². The summed E-state index contributed by atoms with van der Waals surface area (Å²) < 4.78 is 0.654. The van der Waals surface area contributed by atoms with E-state index in [1.165, 1.54) is 13.8 Å². The van der Waals surface area contributed by atoms with Crippen molar-refractivity contribution in [2.45, 2.75) is 19.9 Å². The molecule has 78 valence electrons. The Labute approximate surface area is 79.1 Å². The molecule has 0 spiro atoms. The van der Waals surface area contributed by atoms with Gasteiger partial charge in [-0.05, 0) is 13.8 Å². The molecule has 14 heavy (non-hydrogen) atoms. The average Bonchev–Trinajstić information content (AvgIpc) is 2.32. The van der Waals surface area contributed by atoms with Crippen LogP contribution in [0.4, 0.5) is 0 Å². The van der Waals surface area contributed by atoms with Gasteiger partial charge >= 0.3 is 11.7 Å². The van der Waals surface area contributed by atoms with Crippen molar-refractivity contribution in [3.05, 3.63) is 16.2 Å². The number of nitrogens with zero attached hydrogens (tertiary/aromatic N) is 1. The van der Waals surface area contributed by atoms with Crippen LogP contribution in [0.2, 0.25) is 0 Å². The lowest BCUT2D eigenvalue weighted by molar-refractivity contribution is -0.145. The largest absolute Gasteiger partial charge is 0.493 e. The Morgan fingerprint density at radius 3 is 2.64 bits per heavy atom. The average molecular weight is 201 g/mol. The first-order chi connectivity index (χ1) is 6.43. The zero-order valence-electron chi connectivity index (χ0n) is 7.77. The van der Waals surface area contributed by atoms with Crippen molar-refractivity contribution in [3.63, 3.8) is 0 Å². The number of aromatic hydroxyl groups is 1. The lowest BCUT2D eigenvalue weighted by atomic mass is 10.4. The number of hydrogen-bond acceptors (Lipinski definition) is 5. The number of H-pyrrole nitrogens is 1. The van der Waals surface area contributed by atoms with E-state index in [4.69, 9.17) is 10.8 Å². The summed E-state index contributed by atoms with van der Waals surface area (Å²) in [7, 11) is 0. The molecule has 0 aliphatic rings. The van der Waals surface area contributed by atoms with Crippen molar-refractivity contribution in [1.82, 2.24) is 9.71 Å². The topological polar surface area (TPSA) is 110 Å². The van der Waals surface area contributed by atoms with Crippen LogP contribution in [-0.2, 0) is 4.79 Å². The first-order valence-electron chi connectivity index (χ1n) is 3.92. The number of hydrogen-bond donors (Lipinski definition) is 3. The lowest BCUT2D eigenvalue weighted by Crippen LogP contribution is -2.39. The Morgan fingerprint density at radius 1 is 1.71 bits per heavy atom. The van der Waals surface area contributed by atoms with Gasteiger partial charge in [-0.3, -0.25) is 4.98 Å². The first kappa shape index (κ1) is 10.3. The third-order valence-corrected chi connectivity index (χ3v) is 1.61. The molecule has 1 rings (SSSR count). The Kier molecular flexibility index (Phi) is 2.61. The molecule has 7 nitrogen and oxygen atoms in total. The summed E-state index contributed by atoms with van der Waals surface area (Å²) in [6.45, 7) is 2.84. The van der Waals surface area contributed by atoms with Gasteiger partial charge in [0.05, 0.1) is 0 Å². The summed E-state index contributed by atoms with van der Waals surface area (Å²) >= 11 is 0. The number of nitrogens with one attached hydrogen (secondary N) is 1. The van der Waals surface area contributed by atoms with Crippen molar-refractivity contribution in [1.29, 1.82) is 0 Å². The van der Waals surface area contributed by atoms with Crippen LogP contribution in [0.5, 0.6) is 5.88 Å². The Hall–Kier alpha value is -1.76. The number of imidazole rings is 1. The van der Waals surface area contributed by atoms with Gasteiger partial charge in [-0.25, -0.2) is 9.59 Å². The number of aromatic nitrogens is 2. The van der Waals surface area contributed by atoms with Gasteiger partial charge in [0, 0.05) is 0 Å². The minimum atomic E-state index is -0.835. The summed E-state index contributed by atoms with van der Waals surface area (Å²) in [5, 5.41) is 9.07. The van der Waals surface area contributed by atoms with Crippen LogP contribution in [0, 0.1) is 6.92 Å². The first-order valence-corrected chi connectivity index (χ1v) is 3.92. The van der Waals surface area contributed by atoms with Crippen LogP contribution in [0.15, 0.2) is 4.79 Å². The van der Waals surface area contributed by atoms with E-state index >= 15 is 0 Å². The normalized spacial score (nSPS) is 12.5. The molecule has 0 saturated carbocycles. The summed E-state index contributed by atoms with van der Waals surface area (Å²) in [6.07, 6.45) is 0. The predicted octanol–water partition coefficient (Wildman–Crippen LogP) is -1.51. The minimum Gasteiger partial charge on any atom is -0.493 e. The number of aromatic amines is 1. The molecule has 0 bridgehead atoms. The SMILES string of the molecule is Cc1c(O)[nH]c(=O)n1OC(=O)[C@H](C)N. The van der Waals surface area contributed by atoms with E-state index in [2.05, 4.69) is 9.82 Å². The quantitative estimate of drug-likeness (QED) is 0.539. The summed E-state index contributed by atoms with van der Waals surface area (Å²) in [5.74, 6) is -1.10. The van der Waals surface area contributed by atoms with Gasteiger partial charge in [0.2, 0.25) is 5.88 Å². The van der Waals surface area contributed by atoms with E-state index in [0.29, 0.717) is 4.73 Å². The van der Waals surface area contributed by atoms with E-state index in [1.54, 1.807) is 0 Å². The standard InChI is InChI=1S/C7H11N3O4/c1-3(8)6(12)14-10-4(2)5(11)9-7(10)13/h3,11H,8H2,1-2H3,(H,9,13)/t3-/m0/s1. The van der Waals surface area contributed by atoms with Gasteiger partial charge in [0.15, 0.2) is 0 Å². The zero-order chi connectivity index (χ0) is 10.9. The molecular formula is C7H11N3O4. The third kappa shape index (κ3) is 1.77. The van der Waals surface area contributed by atoms with Gasteiger partial charge in [0.1, 0.15) is 11.7 Å². The molecule has 1 aromatic rings. The number of carbonyl (C=O) groups is 1. The van der Waals surface area contributed by atoms with Crippen molar-refractivity contribution in [2.75, 3.05) is 0 Å². The highest BCUT2D eigenvalue weighted by Gasteiger charge is 2.16. The Balaban J connectivity index is 2.98. The minimum absolute atomic E-state index is 0.115. The van der Waals surface area contributed by atoms with E-state index in [-0.39, 0.29) is 11.6 Å². The molecule has 0 radical (unpaired) electrons. The van der Waals surface area contributed by atoms with Crippen LogP contribution in [-0.4, -0.2) is 26.8 Å². The highest BCUT2D eigenvalue weighted by atomic mass is 16.7. The second-order valence-electron chi connectivity index (χ2n) is 2.86. The Bertz CT molecular complexity index is 404. The number of nitrogens with two attached hydrogens (primary N) is 1. The molecule has 0 aliphatic carbocycles. The molecule has 0 unspecified atom stereocenters. The van der Waals surface area contributed by atoms with Crippen LogP contribution >= 0.6 is 0 Å². The zero-order valence-corrected chi connectivity index (χ0v) is 7.77. The van der Waals surface area contributed by atoms with Crippen LogP contribution in [0.25, 0.3) is 0 Å². The molecule has 7 heteroatoms. The van der Waals surface area contributed by atoms with E-state index in [1.807, 2.05) is 0 Å². The fourth-order valence-corrected chi connectivity index (χ4v) is 0.774. The highest BCUT2D eigenvalue weighted by Crippen LogP contribution is 2.06. The third-order valence-electron chi connectivity index (χ3n) is 1.61. The Morgan fingerprint density at radius 2 is 2.29 bits per heavy atom. The number of carbonyl (C=O) groups excluding carboxylic acids is 1. The monoisotopic (exact) mass is 201 g/mol. The molecular weight excluding hydrogens is 190 g/mol. The molecule has 1 atom stereocenters. The van der Waals surface area contributed by atoms with Crippen molar-refractivity contribution in [3.8, 4) is 5.88 Å². The second-order valence-corrected chi connectivity index (χ2v) is 2.86. The fourth-order valence-electron chi connectivity index (χ4n) is 0.774. The second kappa shape index (κ2) is 3.54. The van der Waals surface area contributed by atoms with Crippen LogP contribution < -0.4 is 16.3 Å². The maximum atomic E-state index is 11.0. The van der Waals surface area contributed by atoms with Gasteiger partial charge in [-0.15, -0.1) is 4.73 Å². The smallest absolute Gasteiger partial charge is 0.362 e. The highest BCUT2D eigenvalue weighted by molar-refractivity contribution is 5.75. The van der Waals surface area contributed by atoms with E-state index in [0.717, 1.165) is 0 Å². The molecule has 1 aromatic heterocycles. The van der Waals surface area contributed by atoms with Crippen molar-refractivity contribution < 1.29 is 14.7 Å². The lowest BCUT2D eigenvalue weighted by Gasteiger charge is -2.06. The van der Waals surface area contributed by atoms with Gasteiger partial charge in [-0.2, -0.15) is 0 Å². The van der Waals surface area contributed by atoms with E-state index in [9.17, 15) is 9.59 Å². The molecule has 0 saturated heterocycles. The molecule has 0 aliphatic heterocycles. The molecule has 4 N–H and O–H groups in total. The molecule has 1 heterocycles. The van der Waals surface area contributed by atoms with Crippen molar-refractivity contribution in [2.24, 2.45) is 5.73 Å².